The lowest BCUT2D eigenvalue weighted by Crippen LogP contribution is -2.41. The van der Waals surface area contributed by atoms with E-state index in [4.69, 9.17) is 4.74 Å². The molecule has 4 heteroatoms. The molecular weight excluding hydrogens is 242 g/mol. The lowest BCUT2D eigenvalue weighted by atomic mass is 10.1. The van der Waals surface area contributed by atoms with Gasteiger partial charge in [0.25, 0.3) is 0 Å². The number of ether oxygens (including phenoxy) is 1. The van der Waals surface area contributed by atoms with Crippen molar-refractivity contribution in [2.75, 3.05) is 26.2 Å². The van der Waals surface area contributed by atoms with Crippen LogP contribution in [-0.2, 0) is 0 Å². The Balaban J connectivity index is 1.69. The smallest absolute Gasteiger partial charge is 0.119 e. The van der Waals surface area contributed by atoms with Gasteiger partial charge in [-0.2, -0.15) is 0 Å². The summed E-state index contributed by atoms with van der Waals surface area (Å²) in [4.78, 5) is 2.18. The average Bonchev–Trinajstić information content (AvgIpc) is 2.41. The van der Waals surface area contributed by atoms with Crippen LogP contribution in [0.5, 0.6) is 5.75 Å². The highest BCUT2D eigenvalue weighted by Gasteiger charge is 2.19. The van der Waals surface area contributed by atoms with Gasteiger partial charge in [0, 0.05) is 19.6 Å². The third-order valence-electron chi connectivity index (χ3n) is 3.49. The van der Waals surface area contributed by atoms with Crippen LogP contribution in [0.15, 0.2) is 24.3 Å². The van der Waals surface area contributed by atoms with Crippen LogP contribution < -0.4 is 4.74 Å². The van der Waals surface area contributed by atoms with E-state index in [1.54, 1.807) is 0 Å². The van der Waals surface area contributed by atoms with E-state index >= 15 is 0 Å². The molecule has 1 fully saturated rings. The molecule has 1 aromatic rings. The third-order valence-corrected chi connectivity index (χ3v) is 3.49. The van der Waals surface area contributed by atoms with E-state index in [2.05, 4.69) is 4.90 Å². The summed E-state index contributed by atoms with van der Waals surface area (Å²) in [5.74, 6) is 0.790. The van der Waals surface area contributed by atoms with Crippen molar-refractivity contribution < 1.29 is 14.9 Å². The zero-order valence-electron chi connectivity index (χ0n) is 11.5. The second-order valence-electron chi connectivity index (χ2n) is 5.31. The van der Waals surface area contributed by atoms with Crippen molar-refractivity contribution in [3.05, 3.63) is 29.8 Å². The quantitative estimate of drug-likeness (QED) is 0.840. The van der Waals surface area contributed by atoms with Crippen LogP contribution in [0.3, 0.4) is 0 Å². The van der Waals surface area contributed by atoms with Gasteiger partial charge in [-0.25, -0.2) is 0 Å². The Kier molecular flexibility index (Phi) is 5.19. The van der Waals surface area contributed by atoms with Gasteiger partial charge in [-0.15, -0.1) is 0 Å². The minimum Gasteiger partial charge on any atom is -0.491 e. The van der Waals surface area contributed by atoms with Crippen LogP contribution in [0.2, 0.25) is 0 Å². The standard InChI is InChI=1S/C15H23NO3/c1-12-2-4-15(5-3-12)19-11-14(18)10-16-8-6-13(17)7-9-16/h2-5,13-14,17-18H,6-11H2,1H3/t14-/m0/s1. The van der Waals surface area contributed by atoms with Gasteiger partial charge in [-0.1, -0.05) is 17.7 Å². The first-order valence-corrected chi connectivity index (χ1v) is 6.91. The van der Waals surface area contributed by atoms with Gasteiger partial charge in [-0.3, -0.25) is 0 Å². The zero-order valence-corrected chi connectivity index (χ0v) is 11.5. The lowest BCUT2D eigenvalue weighted by Gasteiger charge is -2.30. The Morgan fingerprint density at radius 1 is 1.26 bits per heavy atom. The van der Waals surface area contributed by atoms with E-state index in [0.29, 0.717) is 13.2 Å². The monoisotopic (exact) mass is 265 g/mol. The summed E-state index contributed by atoms with van der Waals surface area (Å²) in [5, 5.41) is 19.4. The van der Waals surface area contributed by atoms with Gasteiger partial charge in [0.2, 0.25) is 0 Å². The van der Waals surface area contributed by atoms with Crippen molar-refractivity contribution in [3.8, 4) is 5.75 Å². The maximum Gasteiger partial charge on any atom is 0.119 e. The molecule has 1 atom stereocenters. The van der Waals surface area contributed by atoms with Crippen LogP contribution in [0.1, 0.15) is 18.4 Å². The number of likely N-dealkylation sites (tertiary alicyclic amines) is 1. The molecule has 0 bridgehead atoms. The Bertz CT molecular complexity index is 371. The molecule has 19 heavy (non-hydrogen) atoms. The van der Waals surface area contributed by atoms with Crippen LogP contribution in [-0.4, -0.2) is 53.6 Å². The number of hydrogen-bond acceptors (Lipinski definition) is 4. The van der Waals surface area contributed by atoms with Crippen LogP contribution in [0.4, 0.5) is 0 Å². The number of piperidine rings is 1. The van der Waals surface area contributed by atoms with E-state index in [1.807, 2.05) is 31.2 Å². The molecule has 0 spiro atoms. The van der Waals surface area contributed by atoms with Crippen molar-refractivity contribution in [1.82, 2.24) is 4.90 Å². The second kappa shape index (κ2) is 6.89. The number of rotatable bonds is 5. The number of aliphatic hydroxyl groups is 2. The van der Waals surface area contributed by atoms with Crippen molar-refractivity contribution in [3.63, 3.8) is 0 Å². The predicted molar refractivity (Wildman–Crippen MR) is 74.4 cm³/mol. The molecule has 1 heterocycles. The molecule has 0 unspecified atom stereocenters. The van der Waals surface area contributed by atoms with E-state index in [-0.39, 0.29) is 6.10 Å². The summed E-state index contributed by atoms with van der Waals surface area (Å²) < 4.78 is 5.56. The lowest BCUT2D eigenvalue weighted by molar-refractivity contribution is 0.0337. The third kappa shape index (κ3) is 4.82. The fourth-order valence-corrected chi connectivity index (χ4v) is 2.28. The molecule has 1 aromatic carbocycles. The number of hydrogen-bond donors (Lipinski definition) is 2. The fourth-order valence-electron chi connectivity index (χ4n) is 2.28. The first-order valence-electron chi connectivity index (χ1n) is 6.91. The highest BCUT2D eigenvalue weighted by atomic mass is 16.5. The van der Waals surface area contributed by atoms with Crippen molar-refractivity contribution in [1.29, 1.82) is 0 Å². The molecule has 2 N–H and O–H groups in total. The molecule has 0 amide bonds. The van der Waals surface area contributed by atoms with Gasteiger partial charge in [0.05, 0.1) is 6.10 Å². The molecule has 106 valence electrons. The van der Waals surface area contributed by atoms with Gasteiger partial charge in [0.15, 0.2) is 0 Å². The molecule has 1 aliphatic rings. The summed E-state index contributed by atoms with van der Waals surface area (Å²) >= 11 is 0. The normalized spacial score (nSPS) is 19.3. The Morgan fingerprint density at radius 2 is 1.89 bits per heavy atom. The molecule has 0 radical (unpaired) electrons. The summed E-state index contributed by atoms with van der Waals surface area (Å²) in [6, 6.07) is 7.82. The molecule has 0 aliphatic carbocycles. The number of nitrogens with zero attached hydrogens (tertiary/aromatic N) is 1. The van der Waals surface area contributed by atoms with E-state index in [0.717, 1.165) is 31.7 Å². The second-order valence-corrected chi connectivity index (χ2v) is 5.31. The molecule has 0 saturated carbocycles. The van der Waals surface area contributed by atoms with Crippen LogP contribution >= 0.6 is 0 Å². The number of aryl methyl sites for hydroxylation is 1. The number of aliphatic hydroxyl groups excluding tert-OH is 2. The maximum atomic E-state index is 9.95. The van der Waals surface area contributed by atoms with Gasteiger partial charge in [0.1, 0.15) is 18.5 Å². The van der Waals surface area contributed by atoms with E-state index < -0.39 is 6.10 Å². The van der Waals surface area contributed by atoms with Crippen molar-refractivity contribution >= 4 is 0 Å². The minimum atomic E-state index is -0.489. The highest BCUT2D eigenvalue weighted by molar-refractivity contribution is 5.26. The summed E-state index contributed by atoms with van der Waals surface area (Å²) in [7, 11) is 0. The summed E-state index contributed by atoms with van der Waals surface area (Å²) in [5.41, 5.74) is 1.19. The van der Waals surface area contributed by atoms with Gasteiger partial charge >= 0.3 is 0 Å². The van der Waals surface area contributed by atoms with Gasteiger partial charge < -0.3 is 19.8 Å². The fraction of sp³-hybridized carbons (Fsp3) is 0.600. The number of β-amino-alcohol motifs (C(OH)–C–C–N with tert-alkyl or cyclic N) is 1. The van der Waals surface area contributed by atoms with E-state index in [1.165, 1.54) is 5.56 Å². The van der Waals surface area contributed by atoms with Crippen LogP contribution in [0, 0.1) is 6.92 Å². The van der Waals surface area contributed by atoms with Crippen molar-refractivity contribution in [2.45, 2.75) is 32.0 Å². The topological polar surface area (TPSA) is 52.9 Å². The van der Waals surface area contributed by atoms with Crippen LogP contribution in [0.25, 0.3) is 0 Å². The largest absolute Gasteiger partial charge is 0.491 e. The summed E-state index contributed by atoms with van der Waals surface area (Å²) in [6.45, 7) is 4.65. The predicted octanol–water partition coefficient (Wildman–Crippen LogP) is 1.19. The molecular formula is C15H23NO3. The molecule has 0 aromatic heterocycles. The Labute approximate surface area is 114 Å². The van der Waals surface area contributed by atoms with Gasteiger partial charge in [-0.05, 0) is 31.9 Å². The SMILES string of the molecule is Cc1ccc(OC[C@@H](O)CN2CCC(O)CC2)cc1. The van der Waals surface area contributed by atoms with E-state index in [9.17, 15) is 10.2 Å². The van der Waals surface area contributed by atoms with Crippen molar-refractivity contribution in [2.24, 2.45) is 0 Å². The molecule has 1 saturated heterocycles. The average molecular weight is 265 g/mol. The number of benzene rings is 1. The highest BCUT2D eigenvalue weighted by Crippen LogP contribution is 2.13. The molecule has 4 nitrogen and oxygen atoms in total. The maximum absolute atomic E-state index is 9.95. The Morgan fingerprint density at radius 3 is 2.53 bits per heavy atom. The molecule has 2 rings (SSSR count). The summed E-state index contributed by atoms with van der Waals surface area (Å²) in [6.07, 6.45) is 0.936. The minimum absolute atomic E-state index is 0.169. The first-order chi connectivity index (χ1) is 9.13. The Hall–Kier alpha value is -1.10. The first kappa shape index (κ1) is 14.3. The zero-order chi connectivity index (χ0) is 13.7. The molecule has 1 aliphatic heterocycles.